The zero-order valence-corrected chi connectivity index (χ0v) is 20.5. The van der Waals surface area contributed by atoms with E-state index in [1.807, 2.05) is 62.4 Å². The number of hydrogen-bond donors (Lipinski definition) is 2. The van der Waals surface area contributed by atoms with E-state index in [0.29, 0.717) is 44.7 Å². The Labute approximate surface area is 207 Å². The monoisotopic (exact) mass is 478 g/mol. The largest absolute Gasteiger partial charge is 0.339 e. The van der Waals surface area contributed by atoms with E-state index in [2.05, 4.69) is 37.4 Å². The van der Waals surface area contributed by atoms with Crippen molar-refractivity contribution in [1.82, 2.24) is 9.36 Å². The second-order valence-corrected chi connectivity index (χ2v) is 8.76. The van der Waals surface area contributed by atoms with Gasteiger partial charge in [-0.2, -0.15) is 14.9 Å². The molecule has 2 N–H and O–H groups in total. The maximum absolute atomic E-state index is 9.95. The average molecular weight is 479 g/mol. The van der Waals surface area contributed by atoms with Gasteiger partial charge in [-0.3, -0.25) is 0 Å². The molecule has 0 aliphatic carbocycles. The number of nitrogens with one attached hydrogen (secondary N) is 2. The van der Waals surface area contributed by atoms with Crippen LogP contribution in [0, 0.1) is 50.4 Å². The lowest BCUT2D eigenvalue weighted by molar-refractivity contribution is 1.16. The summed E-state index contributed by atoms with van der Waals surface area (Å²) in [5, 5.41) is 35.1. The number of rotatable bonds is 6. The van der Waals surface area contributed by atoms with Crippen LogP contribution in [0.4, 0.5) is 33.7 Å². The van der Waals surface area contributed by atoms with Crippen LogP contribution < -0.4 is 10.6 Å². The third-order valence-corrected chi connectivity index (χ3v) is 6.18. The summed E-state index contributed by atoms with van der Waals surface area (Å²) in [5.41, 5.74) is 6.25. The number of nitriles is 2. The van der Waals surface area contributed by atoms with Crippen molar-refractivity contribution in [3.8, 4) is 12.1 Å². The standard InChI is InChI=1S/C26H22N8S/c1-15-5-9-19(10-6-15)29-24-21(13-27)17(3)23(32-33-26-22(14-28)18(4)34-35-26)25(31-24)30-20-11-7-16(2)8-12-20/h5-12H,1-4H3,(H2,29,30,31). The SMILES string of the molecule is Cc1ccc(Nc2nc(Nc3ccc(C)cc3)c(N=Nc3snc(C)c3C#N)c(C)c2C#N)cc1. The summed E-state index contributed by atoms with van der Waals surface area (Å²) in [6, 6.07) is 20.1. The smallest absolute Gasteiger partial charge is 0.176 e. The van der Waals surface area contributed by atoms with Crippen LogP contribution in [0.3, 0.4) is 0 Å². The maximum Gasteiger partial charge on any atom is 0.176 e. The Balaban J connectivity index is 1.83. The van der Waals surface area contributed by atoms with Crippen LogP contribution >= 0.6 is 11.5 Å². The van der Waals surface area contributed by atoms with Crippen molar-refractivity contribution >= 4 is 45.2 Å². The molecule has 0 unspecified atom stereocenters. The number of pyridine rings is 1. The van der Waals surface area contributed by atoms with Gasteiger partial charge in [-0.25, -0.2) is 4.98 Å². The van der Waals surface area contributed by atoms with E-state index in [1.54, 1.807) is 13.8 Å². The number of benzene rings is 2. The van der Waals surface area contributed by atoms with E-state index in [1.165, 1.54) is 0 Å². The fourth-order valence-electron chi connectivity index (χ4n) is 3.33. The lowest BCUT2D eigenvalue weighted by atomic mass is 10.1. The van der Waals surface area contributed by atoms with Gasteiger partial charge in [0.2, 0.25) is 0 Å². The van der Waals surface area contributed by atoms with E-state index < -0.39 is 0 Å². The van der Waals surface area contributed by atoms with Gasteiger partial charge in [-0.1, -0.05) is 35.4 Å². The van der Waals surface area contributed by atoms with Gasteiger partial charge >= 0.3 is 0 Å². The summed E-state index contributed by atoms with van der Waals surface area (Å²) in [4.78, 5) is 4.72. The van der Waals surface area contributed by atoms with E-state index in [0.717, 1.165) is 34.0 Å². The Morgan fingerprint density at radius 3 is 1.83 bits per heavy atom. The zero-order chi connectivity index (χ0) is 24.9. The van der Waals surface area contributed by atoms with Crippen molar-refractivity contribution in [3.05, 3.63) is 82.0 Å². The van der Waals surface area contributed by atoms with Crippen molar-refractivity contribution in [2.45, 2.75) is 27.7 Å². The molecule has 0 aliphatic heterocycles. The van der Waals surface area contributed by atoms with Gasteiger partial charge in [0.25, 0.3) is 0 Å². The van der Waals surface area contributed by atoms with Crippen molar-refractivity contribution < 1.29 is 0 Å². The average Bonchev–Trinajstić information content (AvgIpc) is 3.21. The minimum atomic E-state index is 0.356. The molecule has 0 amide bonds. The van der Waals surface area contributed by atoms with Gasteiger partial charge in [0.15, 0.2) is 16.6 Å². The minimum Gasteiger partial charge on any atom is -0.339 e. The van der Waals surface area contributed by atoms with Crippen molar-refractivity contribution in [3.63, 3.8) is 0 Å². The summed E-state index contributed by atoms with van der Waals surface area (Å²) >= 11 is 1.10. The Kier molecular flexibility index (Phi) is 6.81. The second kappa shape index (κ2) is 10.1. The molecular formula is C26H22N8S. The molecule has 0 spiro atoms. The topological polar surface area (TPSA) is 122 Å². The van der Waals surface area contributed by atoms with Crippen molar-refractivity contribution in [2.75, 3.05) is 10.6 Å². The number of azo groups is 1. The molecule has 8 nitrogen and oxygen atoms in total. The normalized spacial score (nSPS) is 10.7. The van der Waals surface area contributed by atoms with Crippen LogP contribution in [0.15, 0.2) is 58.8 Å². The second-order valence-electron chi connectivity index (χ2n) is 8.01. The van der Waals surface area contributed by atoms with Gasteiger partial charge in [0.05, 0.1) is 11.3 Å². The summed E-state index contributed by atoms with van der Waals surface area (Å²) in [6.45, 7) is 7.59. The maximum atomic E-state index is 9.95. The molecule has 35 heavy (non-hydrogen) atoms. The first-order chi connectivity index (χ1) is 16.9. The number of hydrogen-bond acceptors (Lipinski definition) is 9. The molecule has 2 aromatic carbocycles. The number of anilines is 4. The first-order valence-electron chi connectivity index (χ1n) is 10.8. The van der Waals surface area contributed by atoms with Crippen LogP contribution in [0.25, 0.3) is 0 Å². The Hall–Kier alpha value is -4.60. The van der Waals surface area contributed by atoms with Gasteiger partial charge in [-0.05, 0) is 63.5 Å². The Bertz CT molecular complexity index is 1490. The molecule has 0 fully saturated rings. The highest BCUT2D eigenvalue weighted by molar-refractivity contribution is 7.10. The molecule has 0 aliphatic rings. The van der Waals surface area contributed by atoms with Crippen LogP contribution in [-0.4, -0.2) is 9.36 Å². The summed E-state index contributed by atoms with van der Waals surface area (Å²) in [7, 11) is 0. The molecule has 4 aromatic rings. The van der Waals surface area contributed by atoms with Crippen LogP contribution in [-0.2, 0) is 0 Å². The molecule has 0 bridgehead atoms. The molecule has 9 heteroatoms. The highest BCUT2D eigenvalue weighted by atomic mass is 32.1. The first-order valence-corrected chi connectivity index (χ1v) is 11.6. The molecule has 4 rings (SSSR count). The summed E-state index contributed by atoms with van der Waals surface area (Å²) in [6.07, 6.45) is 0. The summed E-state index contributed by atoms with van der Waals surface area (Å²) in [5.74, 6) is 0.845. The zero-order valence-electron chi connectivity index (χ0n) is 19.7. The number of nitrogens with zero attached hydrogens (tertiary/aromatic N) is 6. The third-order valence-electron chi connectivity index (χ3n) is 5.35. The fraction of sp³-hybridized carbons (Fsp3) is 0.154. The molecule has 172 valence electrons. The van der Waals surface area contributed by atoms with Gasteiger partial charge in [0, 0.05) is 16.9 Å². The Morgan fingerprint density at radius 1 is 0.743 bits per heavy atom. The van der Waals surface area contributed by atoms with Gasteiger partial charge in [-0.15, -0.1) is 10.2 Å². The summed E-state index contributed by atoms with van der Waals surface area (Å²) < 4.78 is 4.19. The van der Waals surface area contributed by atoms with E-state index in [4.69, 9.17) is 4.98 Å². The molecule has 2 aromatic heterocycles. The highest BCUT2D eigenvalue weighted by Gasteiger charge is 2.19. The van der Waals surface area contributed by atoms with E-state index >= 15 is 0 Å². The van der Waals surface area contributed by atoms with Crippen LogP contribution in [0.2, 0.25) is 0 Å². The minimum absolute atomic E-state index is 0.356. The van der Waals surface area contributed by atoms with E-state index in [9.17, 15) is 10.5 Å². The van der Waals surface area contributed by atoms with E-state index in [-0.39, 0.29) is 0 Å². The quantitative estimate of drug-likeness (QED) is 0.278. The van der Waals surface area contributed by atoms with Crippen molar-refractivity contribution in [2.24, 2.45) is 10.2 Å². The molecule has 0 atom stereocenters. The molecule has 0 radical (unpaired) electrons. The number of aryl methyl sites for hydroxylation is 3. The van der Waals surface area contributed by atoms with Gasteiger partial charge in [0.1, 0.15) is 23.4 Å². The molecule has 0 saturated heterocycles. The molecular weight excluding hydrogens is 456 g/mol. The molecule has 2 heterocycles. The predicted octanol–water partition coefficient (Wildman–Crippen LogP) is 7.42. The lowest BCUT2D eigenvalue weighted by Crippen LogP contribution is -2.04. The number of aromatic nitrogens is 2. The van der Waals surface area contributed by atoms with Crippen LogP contribution in [0.5, 0.6) is 0 Å². The third kappa shape index (κ3) is 5.16. The van der Waals surface area contributed by atoms with Crippen molar-refractivity contribution in [1.29, 1.82) is 10.5 Å². The first kappa shape index (κ1) is 23.6. The fourth-order valence-corrected chi connectivity index (χ4v) is 4.01. The molecule has 0 saturated carbocycles. The predicted molar refractivity (Wildman–Crippen MR) is 138 cm³/mol. The Morgan fingerprint density at radius 2 is 1.29 bits per heavy atom. The van der Waals surface area contributed by atoms with Gasteiger partial charge < -0.3 is 10.6 Å². The lowest BCUT2D eigenvalue weighted by Gasteiger charge is -2.16. The highest BCUT2D eigenvalue weighted by Crippen LogP contribution is 2.38. The van der Waals surface area contributed by atoms with Crippen LogP contribution in [0.1, 0.15) is 33.5 Å².